The van der Waals surface area contributed by atoms with Crippen molar-refractivity contribution in [1.29, 1.82) is 0 Å². The zero-order valence-corrected chi connectivity index (χ0v) is 28.3. The Hall–Kier alpha value is -3.21. The summed E-state index contributed by atoms with van der Waals surface area (Å²) in [6.45, 7) is 16.3. The molecule has 1 aromatic heterocycles. The van der Waals surface area contributed by atoms with E-state index >= 15 is 0 Å². The summed E-state index contributed by atoms with van der Waals surface area (Å²) in [7, 11) is 1.78. The first-order valence-corrected chi connectivity index (χ1v) is 16.3. The third kappa shape index (κ3) is 13.3. The van der Waals surface area contributed by atoms with Crippen LogP contribution in [0.4, 0.5) is 0 Å². The molecule has 0 aliphatic heterocycles. The van der Waals surface area contributed by atoms with Gasteiger partial charge in [0.1, 0.15) is 19.0 Å². The molecule has 0 N–H and O–H groups in total. The Balaban J connectivity index is 2.28. The van der Waals surface area contributed by atoms with Crippen molar-refractivity contribution >= 4 is 10.9 Å². The van der Waals surface area contributed by atoms with Crippen molar-refractivity contribution < 1.29 is 14.2 Å². The number of nitrogens with zero attached hydrogens (tertiary/aromatic N) is 1. The highest BCUT2D eigenvalue weighted by molar-refractivity contribution is 5.89. The average Bonchev–Trinajstić information content (AvgIpc) is 2.96. The van der Waals surface area contributed by atoms with Gasteiger partial charge < -0.3 is 18.8 Å². The van der Waals surface area contributed by atoms with Gasteiger partial charge >= 0.3 is 0 Å². The Morgan fingerprint density at radius 3 is 1.86 bits per heavy atom. The van der Waals surface area contributed by atoms with Crippen LogP contribution in [-0.2, 0) is 7.05 Å². The second kappa shape index (κ2) is 19.9. The highest BCUT2D eigenvalue weighted by Gasteiger charge is 2.19. The lowest BCUT2D eigenvalue weighted by atomic mass is 10.1. The van der Waals surface area contributed by atoms with Crippen LogP contribution in [0.2, 0.25) is 0 Å². The summed E-state index contributed by atoms with van der Waals surface area (Å²) < 4.78 is 20.2. The van der Waals surface area contributed by atoms with E-state index in [0.717, 1.165) is 48.8 Å². The van der Waals surface area contributed by atoms with E-state index < -0.39 is 0 Å². The van der Waals surface area contributed by atoms with Crippen molar-refractivity contribution in [2.24, 2.45) is 7.05 Å². The Labute approximate surface area is 261 Å². The molecule has 0 unspecified atom stereocenters. The Morgan fingerprint density at radius 2 is 1.28 bits per heavy atom. The van der Waals surface area contributed by atoms with E-state index in [0.29, 0.717) is 25.6 Å². The monoisotopic (exact) mass is 591 g/mol. The third-order valence-electron chi connectivity index (χ3n) is 7.55. The Bertz CT molecular complexity index is 1320. The molecule has 1 heterocycles. The van der Waals surface area contributed by atoms with Gasteiger partial charge in [-0.2, -0.15) is 0 Å². The minimum absolute atomic E-state index is 0.213. The van der Waals surface area contributed by atoms with Crippen LogP contribution < -0.4 is 19.8 Å². The molecule has 0 amide bonds. The van der Waals surface area contributed by atoms with Crippen LogP contribution in [0.3, 0.4) is 0 Å². The average molecular weight is 592 g/mol. The van der Waals surface area contributed by atoms with Gasteiger partial charge in [-0.15, -0.1) is 0 Å². The third-order valence-corrected chi connectivity index (χ3v) is 7.55. The van der Waals surface area contributed by atoms with Crippen LogP contribution in [0.5, 0.6) is 17.2 Å². The van der Waals surface area contributed by atoms with E-state index in [1.54, 1.807) is 11.6 Å². The molecule has 1 aromatic carbocycles. The zero-order valence-electron chi connectivity index (χ0n) is 28.3. The molecule has 0 saturated carbocycles. The summed E-state index contributed by atoms with van der Waals surface area (Å²) in [5, 5.41) is 0.837. The molecule has 0 atom stereocenters. The largest absolute Gasteiger partial charge is 0.494 e. The number of unbranched alkanes of at least 4 members (excludes halogenated alkanes) is 5. The van der Waals surface area contributed by atoms with E-state index in [1.165, 1.54) is 54.4 Å². The maximum Gasteiger partial charge on any atom is 0.297 e. The Kier molecular flexibility index (Phi) is 16.6. The summed E-state index contributed by atoms with van der Waals surface area (Å²) in [5.74, 6) is 1.50. The summed E-state index contributed by atoms with van der Waals surface area (Å²) >= 11 is 0. The second-order valence-electron chi connectivity index (χ2n) is 12.2. The fourth-order valence-corrected chi connectivity index (χ4v) is 4.81. The summed E-state index contributed by atoms with van der Waals surface area (Å²) in [6, 6.07) is 5.89. The van der Waals surface area contributed by atoms with Crippen LogP contribution in [0.25, 0.3) is 10.9 Å². The normalized spacial score (nSPS) is 11.9. The number of fused-ring (bicyclic) bond motifs is 1. The quantitative estimate of drug-likeness (QED) is 0.114. The molecule has 0 fully saturated rings. The number of aryl methyl sites for hydroxylation is 1. The number of hydrogen-bond donors (Lipinski definition) is 0. The van der Waals surface area contributed by atoms with Crippen molar-refractivity contribution in [2.45, 2.75) is 113 Å². The molecule has 0 aliphatic rings. The van der Waals surface area contributed by atoms with E-state index in [4.69, 9.17) is 14.2 Å². The number of allylic oxidation sites excluding steroid dienone is 6. The standard InChI is InChI=1S/C38H57NO4/c1-9-10-11-12-13-14-25-41-33-21-22-34-35(28-33)39(8)38(40)37(43-27-24-32(7)20-16-18-30(4)5)36(34)42-26-23-31(6)19-15-17-29(2)3/h17-18,21-24,28H,9-16,19-20,25-27H2,1-8H3/b31-23+,32-24+. The maximum atomic E-state index is 13.6. The number of benzene rings is 1. The highest BCUT2D eigenvalue weighted by Crippen LogP contribution is 2.34. The lowest BCUT2D eigenvalue weighted by Crippen LogP contribution is -2.21. The lowest BCUT2D eigenvalue weighted by Gasteiger charge is -2.17. The van der Waals surface area contributed by atoms with Crippen LogP contribution in [0.1, 0.15) is 113 Å². The van der Waals surface area contributed by atoms with Crippen molar-refractivity contribution in [2.75, 3.05) is 19.8 Å². The van der Waals surface area contributed by atoms with Gasteiger partial charge in [-0.1, -0.05) is 73.5 Å². The van der Waals surface area contributed by atoms with E-state index in [9.17, 15) is 4.79 Å². The van der Waals surface area contributed by atoms with Gasteiger partial charge in [-0.05, 0) is 97.9 Å². The first-order chi connectivity index (χ1) is 20.6. The highest BCUT2D eigenvalue weighted by atomic mass is 16.5. The smallest absolute Gasteiger partial charge is 0.297 e. The SMILES string of the molecule is CCCCCCCCOc1ccc2c(OC/C=C(\C)CCC=C(C)C)c(OC/C=C(\C)CCC=C(C)C)c(=O)n(C)c2c1. The van der Waals surface area contributed by atoms with Crippen LogP contribution in [0, 0.1) is 0 Å². The van der Waals surface area contributed by atoms with Gasteiger partial charge in [0.15, 0.2) is 5.75 Å². The fraction of sp³-hybridized carbons (Fsp3) is 0.553. The number of pyridine rings is 1. The van der Waals surface area contributed by atoms with Crippen molar-refractivity contribution in [3.05, 3.63) is 75.1 Å². The second-order valence-corrected chi connectivity index (χ2v) is 12.2. The van der Waals surface area contributed by atoms with E-state index in [2.05, 4.69) is 72.8 Å². The molecule has 5 heteroatoms. The molecule has 2 aromatic rings. The first-order valence-electron chi connectivity index (χ1n) is 16.3. The van der Waals surface area contributed by atoms with Gasteiger partial charge in [0.05, 0.1) is 12.1 Å². The predicted octanol–water partition coefficient (Wildman–Crippen LogP) is 10.4. The Morgan fingerprint density at radius 1 is 0.721 bits per heavy atom. The van der Waals surface area contributed by atoms with Crippen molar-refractivity contribution in [1.82, 2.24) is 4.57 Å². The molecule has 0 saturated heterocycles. The van der Waals surface area contributed by atoms with Crippen LogP contribution >= 0.6 is 0 Å². The lowest BCUT2D eigenvalue weighted by molar-refractivity contribution is 0.302. The summed E-state index contributed by atoms with van der Waals surface area (Å²) in [5.41, 5.74) is 5.70. The van der Waals surface area contributed by atoms with E-state index in [1.807, 2.05) is 18.2 Å². The number of ether oxygens (including phenoxy) is 3. The number of hydrogen-bond acceptors (Lipinski definition) is 4. The molecule has 0 radical (unpaired) electrons. The van der Waals surface area contributed by atoms with Crippen LogP contribution in [-0.4, -0.2) is 24.4 Å². The zero-order chi connectivity index (χ0) is 31.6. The van der Waals surface area contributed by atoms with Gasteiger partial charge in [-0.3, -0.25) is 4.79 Å². The van der Waals surface area contributed by atoms with E-state index in [-0.39, 0.29) is 11.3 Å². The molecule has 0 spiro atoms. The summed E-state index contributed by atoms with van der Waals surface area (Å²) in [4.78, 5) is 13.6. The van der Waals surface area contributed by atoms with Gasteiger partial charge in [0.2, 0.25) is 5.75 Å². The predicted molar refractivity (Wildman–Crippen MR) is 184 cm³/mol. The number of rotatable bonds is 20. The molecule has 0 bridgehead atoms. The maximum absolute atomic E-state index is 13.6. The molecular weight excluding hydrogens is 534 g/mol. The molecule has 5 nitrogen and oxygen atoms in total. The number of aromatic nitrogens is 1. The minimum Gasteiger partial charge on any atom is -0.494 e. The molecule has 238 valence electrons. The molecule has 2 rings (SSSR count). The van der Waals surface area contributed by atoms with Crippen LogP contribution in [0.15, 0.2) is 69.6 Å². The first kappa shape index (κ1) is 36.0. The topological polar surface area (TPSA) is 49.7 Å². The van der Waals surface area contributed by atoms with Crippen molar-refractivity contribution in [3.8, 4) is 17.2 Å². The van der Waals surface area contributed by atoms with Crippen molar-refractivity contribution in [3.63, 3.8) is 0 Å². The molecule has 0 aliphatic carbocycles. The molecule has 43 heavy (non-hydrogen) atoms. The fourth-order valence-electron chi connectivity index (χ4n) is 4.81. The van der Waals surface area contributed by atoms with Gasteiger partial charge in [-0.25, -0.2) is 0 Å². The summed E-state index contributed by atoms with van der Waals surface area (Å²) in [6.07, 6.45) is 19.9. The molecular formula is C38H57NO4. The van der Waals surface area contributed by atoms with Gasteiger partial charge in [0, 0.05) is 18.5 Å². The van der Waals surface area contributed by atoms with Gasteiger partial charge in [0.25, 0.3) is 5.56 Å². The minimum atomic E-state index is -0.213.